The van der Waals surface area contributed by atoms with Crippen LogP contribution in [-0.2, 0) is 0 Å². The fourth-order valence-electron chi connectivity index (χ4n) is 1.12. The van der Waals surface area contributed by atoms with Crippen LogP contribution < -0.4 is 0 Å². The van der Waals surface area contributed by atoms with Gasteiger partial charge < -0.3 is 0 Å². The van der Waals surface area contributed by atoms with Crippen molar-refractivity contribution in [1.82, 2.24) is 0 Å². The van der Waals surface area contributed by atoms with E-state index < -0.39 is 0 Å². The van der Waals surface area contributed by atoms with E-state index in [0.29, 0.717) is 16.2 Å². The van der Waals surface area contributed by atoms with E-state index in [-0.39, 0.29) is 44.6 Å². The molecule has 0 aromatic carbocycles. The van der Waals surface area contributed by atoms with Crippen LogP contribution >= 0.6 is 0 Å². The average Bonchev–Trinajstić information content (AvgIpc) is 1.58. The summed E-state index contributed by atoms with van der Waals surface area (Å²) < 4.78 is 0. The third kappa shape index (κ3) is 9.68. The first-order chi connectivity index (χ1) is 4.50. The van der Waals surface area contributed by atoms with Gasteiger partial charge in [0.1, 0.15) is 0 Å². The smallest absolute Gasteiger partial charge is 0.0257 e. The van der Waals surface area contributed by atoms with Crippen molar-refractivity contribution in [2.75, 3.05) is 0 Å². The highest BCUT2D eigenvalue weighted by atomic mass is 14.5. The van der Waals surface area contributed by atoms with Gasteiger partial charge in [0.05, 0.1) is 0 Å². The van der Waals surface area contributed by atoms with E-state index in [0.717, 1.165) is 0 Å². The highest BCUT2D eigenvalue weighted by Gasteiger charge is 2.42. The molecular formula is C17H48. The van der Waals surface area contributed by atoms with Crippen molar-refractivity contribution in [3.63, 3.8) is 0 Å². The summed E-state index contributed by atoms with van der Waals surface area (Å²) in [5.74, 6) is 0. The predicted octanol–water partition coefficient (Wildman–Crippen LogP) is 7.92. The Balaban J connectivity index is -0.0000000333. The van der Waals surface area contributed by atoms with E-state index in [1.807, 2.05) is 0 Å². The van der Waals surface area contributed by atoms with Crippen LogP contribution in [0.15, 0.2) is 0 Å². The average molecular weight is 253 g/mol. The van der Waals surface area contributed by atoms with Crippen LogP contribution in [0.1, 0.15) is 99.9 Å². The normalized spacial score (nSPS) is 9.88. The van der Waals surface area contributed by atoms with Crippen LogP contribution in [0.2, 0.25) is 0 Å². The summed E-state index contributed by atoms with van der Waals surface area (Å²) in [6.45, 7) is 18.6. The molecule has 0 aliphatic rings. The number of hydrogen-bond acceptors (Lipinski definition) is 0. The van der Waals surface area contributed by atoms with Gasteiger partial charge in [0.25, 0.3) is 0 Å². The summed E-state index contributed by atoms with van der Waals surface area (Å²) in [6, 6.07) is 0. The Morgan fingerprint density at radius 2 is 0.471 bits per heavy atom. The van der Waals surface area contributed by atoms with E-state index in [2.05, 4.69) is 55.4 Å². The lowest BCUT2D eigenvalue weighted by Crippen LogP contribution is -2.41. The first kappa shape index (κ1) is 43.5. The van der Waals surface area contributed by atoms with Gasteiger partial charge in [0.15, 0.2) is 0 Å². The largest absolute Gasteiger partial charge is 0.0776 e. The van der Waals surface area contributed by atoms with Gasteiger partial charge in [0.2, 0.25) is 0 Å². The second-order valence-corrected chi connectivity index (χ2v) is 6.12. The van der Waals surface area contributed by atoms with Crippen LogP contribution in [0.25, 0.3) is 0 Å². The zero-order chi connectivity index (χ0) is 9.50. The van der Waals surface area contributed by atoms with Gasteiger partial charge in [-0.25, -0.2) is 0 Å². The Labute approximate surface area is 117 Å². The van der Waals surface area contributed by atoms with Crippen LogP contribution in [-0.4, -0.2) is 0 Å². The van der Waals surface area contributed by atoms with Crippen molar-refractivity contribution in [2.24, 2.45) is 16.2 Å². The second-order valence-electron chi connectivity index (χ2n) is 6.12. The maximum Gasteiger partial charge on any atom is -0.0257 e. The first-order valence-corrected chi connectivity index (χ1v) is 4.50. The van der Waals surface area contributed by atoms with Crippen LogP contribution in [0.5, 0.6) is 0 Å². The molecule has 0 amide bonds. The summed E-state index contributed by atoms with van der Waals surface area (Å²) in [4.78, 5) is 0. The lowest BCUT2D eigenvalue weighted by molar-refractivity contribution is 0.00575. The lowest BCUT2D eigenvalue weighted by Gasteiger charge is -2.49. The minimum atomic E-state index is 0. The van der Waals surface area contributed by atoms with Crippen molar-refractivity contribution in [2.45, 2.75) is 99.9 Å². The molecule has 0 heteroatoms. The summed E-state index contributed by atoms with van der Waals surface area (Å²) in [5.41, 5.74) is 1.14. The molecule has 0 aromatic heterocycles. The van der Waals surface area contributed by atoms with Gasteiger partial charge in [-0.3, -0.25) is 0 Å². The highest BCUT2D eigenvalue weighted by molar-refractivity contribution is 4.91. The van der Waals surface area contributed by atoms with Crippen molar-refractivity contribution < 1.29 is 0 Å². The zero-order valence-electron chi connectivity index (χ0n) is 9.50. The Morgan fingerprint density at radius 1 is 0.353 bits per heavy atom. The summed E-state index contributed by atoms with van der Waals surface area (Å²) in [5, 5.41) is 0. The molecule has 0 unspecified atom stereocenters. The van der Waals surface area contributed by atoms with Gasteiger partial charge in [-0.1, -0.05) is 99.9 Å². The quantitative estimate of drug-likeness (QED) is 0.410. The molecule has 0 rings (SSSR count). The topological polar surface area (TPSA) is 0 Å². The van der Waals surface area contributed by atoms with Crippen LogP contribution in [0, 0.1) is 16.2 Å². The first-order valence-electron chi connectivity index (χ1n) is 4.50. The maximum atomic E-state index is 2.35. The SMILES string of the molecule is C.C.C.C.C.C.CC(C)(C)C(C)(C)C(C)(C)C. The summed E-state index contributed by atoms with van der Waals surface area (Å²) in [7, 11) is 0. The lowest BCUT2D eigenvalue weighted by atomic mass is 9.56. The number of rotatable bonds is 0. The molecule has 0 radical (unpaired) electrons. The molecule has 0 bridgehead atoms. The highest BCUT2D eigenvalue weighted by Crippen LogP contribution is 2.50. The minimum absolute atomic E-state index is 0. The standard InChI is InChI=1S/C11H24.6CH4/c1-9(2,3)11(7,8)10(4,5)6;;;;;;/h1-8H3;6*1H4. The molecular weight excluding hydrogens is 204 g/mol. The van der Waals surface area contributed by atoms with E-state index in [1.165, 1.54) is 0 Å². The van der Waals surface area contributed by atoms with Gasteiger partial charge in [-0.15, -0.1) is 0 Å². The Hall–Kier alpha value is 0. The number of hydrogen-bond donors (Lipinski definition) is 0. The van der Waals surface area contributed by atoms with Crippen molar-refractivity contribution in [3.05, 3.63) is 0 Å². The van der Waals surface area contributed by atoms with E-state index in [4.69, 9.17) is 0 Å². The van der Waals surface area contributed by atoms with Crippen molar-refractivity contribution >= 4 is 0 Å². The van der Waals surface area contributed by atoms with Crippen LogP contribution in [0.3, 0.4) is 0 Å². The predicted molar refractivity (Wildman–Crippen MR) is 93.1 cm³/mol. The monoisotopic (exact) mass is 252 g/mol. The van der Waals surface area contributed by atoms with Crippen molar-refractivity contribution in [1.29, 1.82) is 0 Å². The minimum Gasteiger partial charge on any atom is -0.0776 e. The molecule has 0 N–H and O–H groups in total. The van der Waals surface area contributed by atoms with Gasteiger partial charge in [0, 0.05) is 0 Å². The van der Waals surface area contributed by atoms with Crippen LogP contribution in [0.4, 0.5) is 0 Å². The Morgan fingerprint density at radius 3 is 0.471 bits per heavy atom. The molecule has 0 aliphatic carbocycles. The van der Waals surface area contributed by atoms with E-state index in [9.17, 15) is 0 Å². The molecule has 0 atom stereocenters. The van der Waals surface area contributed by atoms with E-state index >= 15 is 0 Å². The molecule has 0 spiro atoms. The molecule has 0 heterocycles. The third-order valence-electron chi connectivity index (χ3n) is 3.75. The van der Waals surface area contributed by atoms with Gasteiger partial charge in [-0.05, 0) is 16.2 Å². The molecule has 0 nitrogen and oxygen atoms in total. The van der Waals surface area contributed by atoms with Crippen molar-refractivity contribution in [3.8, 4) is 0 Å². The molecule has 0 aliphatic heterocycles. The molecule has 0 saturated heterocycles. The fourth-order valence-corrected chi connectivity index (χ4v) is 1.12. The molecule has 0 aromatic rings. The van der Waals surface area contributed by atoms with Gasteiger partial charge >= 0.3 is 0 Å². The molecule has 0 fully saturated rings. The molecule has 17 heavy (non-hydrogen) atoms. The van der Waals surface area contributed by atoms with E-state index in [1.54, 1.807) is 0 Å². The van der Waals surface area contributed by atoms with Gasteiger partial charge in [-0.2, -0.15) is 0 Å². The molecule has 116 valence electrons. The molecule has 0 saturated carbocycles. The summed E-state index contributed by atoms with van der Waals surface area (Å²) in [6.07, 6.45) is 0. The summed E-state index contributed by atoms with van der Waals surface area (Å²) >= 11 is 0. The Kier molecular flexibility index (Phi) is 28.4. The third-order valence-corrected chi connectivity index (χ3v) is 3.75. The zero-order valence-corrected chi connectivity index (χ0v) is 9.50. The second kappa shape index (κ2) is 11.1. The maximum absolute atomic E-state index is 2.35. The fraction of sp³-hybridized carbons (Fsp3) is 1.00. The Bertz CT molecular complexity index is 111.